The smallest absolute Gasteiger partial charge is 0.173 e. The summed E-state index contributed by atoms with van der Waals surface area (Å²) in [6.07, 6.45) is 5.51. The molecule has 6 heteroatoms. The van der Waals surface area contributed by atoms with Crippen LogP contribution in [0.1, 0.15) is 84.2 Å². The quantitative estimate of drug-likeness (QED) is 0.574. The number of nitrogens with two attached hydrogens (primary N) is 1. The monoisotopic (exact) mass is 434 g/mol. The molecule has 0 aliphatic heterocycles. The first-order valence-corrected chi connectivity index (χ1v) is 11.9. The highest BCUT2D eigenvalue weighted by molar-refractivity contribution is 5.83. The highest BCUT2D eigenvalue weighted by atomic mass is 15.6. The fraction of sp³-hybridized carbons (Fsp3) is 0.577. The number of hydrogen-bond donors (Lipinski definition) is 2. The average Bonchev–Trinajstić information content (AvgIpc) is 3.22. The Morgan fingerprint density at radius 3 is 2.47 bits per heavy atom. The average molecular weight is 435 g/mol. The molecule has 1 aliphatic carbocycles. The third-order valence-corrected chi connectivity index (χ3v) is 6.60. The minimum Gasteiger partial charge on any atom is -0.326 e. The van der Waals surface area contributed by atoms with Gasteiger partial charge in [0, 0.05) is 12.1 Å². The maximum absolute atomic E-state index is 6.54. The Kier molecular flexibility index (Phi) is 6.37. The lowest BCUT2D eigenvalue weighted by Gasteiger charge is -2.36. The summed E-state index contributed by atoms with van der Waals surface area (Å²) in [4.78, 5) is 0. The zero-order valence-corrected chi connectivity index (χ0v) is 20.2. The molecule has 4 rings (SSSR count). The topological polar surface area (TPSA) is 81.7 Å². The molecule has 32 heavy (non-hydrogen) atoms. The van der Waals surface area contributed by atoms with Crippen LogP contribution in [0.5, 0.6) is 0 Å². The number of hydrogen-bond acceptors (Lipinski definition) is 5. The van der Waals surface area contributed by atoms with E-state index < -0.39 is 0 Å². The van der Waals surface area contributed by atoms with Gasteiger partial charge in [0.2, 0.25) is 0 Å². The Hall–Kier alpha value is -2.31. The predicted octanol–water partition coefficient (Wildman–Crippen LogP) is 4.95. The van der Waals surface area contributed by atoms with Gasteiger partial charge in [0.15, 0.2) is 5.82 Å². The Morgan fingerprint density at radius 1 is 1.03 bits per heavy atom. The third kappa shape index (κ3) is 5.02. The highest BCUT2D eigenvalue weighted by Gasteiger charge is 2.35. The summed E-state index contributed by atoms with van der Waals surface area (Å²) in [6.45, 7) is 11.2. The summed E-state index contributed by atoms with van der Waals surface area (Å²) in [6, 6.07) is 15.4. The molecule has 6 nitrogen and oxygen atoms in total. The van der Waals surface area contributed by atoms with Crippen molar-refractivity contribution in [1.29, 1.82) is 0 Å². The van der Waals surface area contributed by atoms with Crippen LogP contribution < -0.4 is 11.1 Å². The zero-order valence-electron chi connectivity index (χ0n) is 20.2. The number of aromatic nitrogens is 4. The molecule has 0 radical (unpaired) electrons. The summed E-state index contributed by atoms with van der Waals surface area (Å²) < 4.78 is 2.03. The van der Waals surface area contributed by atoms with E-state index in [0.29, 0.717) is 0 Å². The van der Waals surface area contributed by atoms with Gasteiger partial charge in [-0.2, -0.15) is 0 Å². The second-order valence-electron chi connectivity index (χ2n) is 11.3. The first-order valence-electron chi connectivity index (χ1n) is 11.9. The zero-order chi connectivity index (χ0) is 22.9. The first-order chi connectivity index (χ1) is 15.1. The van der Waals surface area contributed by atoms with Crippen LogP contribution >= 0.6 is 0 Å². The van der Waals surface area contributed by atoms with E-state index in [9.17, 15) is 0 Å². The molecule has 1 aromatic heterocycles. The van der Waals surface area contributed by atoms with E-state index in [4.69, 9.17) is 5.73 Å². The van der Waals surface area contributed by atoms with Crippen molar-refractivity contribution in [1.82, 2.24) is 25.5 Å². The molecule has 1 heterocycles. The molecule has 0 spiro atoms. The second-order valence-corrected chi connectivity index (χ2v) is 11.3. The van der Waals surface area contributed by atoms with Crippen molar-refractivity contribution in [2.45, 2.75) is 90.4 Å². The fourth-order valence-corrected chi connectivity index (χ4v) is 5.47. The van der Waals surface area contributed by atoms with Crippen LogP contribution in [0.3, 0.4) is 0 Å². The van der Waals surface area contributed by atoms with Gasteiger partial charge in [0.25, 0.3) is 0 Å². The van der Waals surface area contributed by atoms with Crippen LogP contribution in [0.4, 0.5) is 0 Å². The lowest BCUT2D eigenvalue weighted by Crippen LogP contribution is -2.49. The summed E-state index contributed by atoms with van der Waals surface area (Å²) in [5.74, 6) is 0.854. The highest BCUT2D eigenvalue weighted by Crippen LogP contribution is 2.35. The Balaban J connectivity index is 1.77. The van der Waals surface area contributed by atoms with E-state index in [1.54, 1.807) is 0 Å². The van der Waals surface area contributed by atoms with Crippen molar-refractivity contribution >= 4 is 10.8 Å². The summed E-state index contributed by atoms with van der Waals surface area (Å²) in [7, 11) is 0. The van der Waals surface area contributed by atoms with Crippen molar-refractivity contribution in [3.63, 3.8) is 0 Å². The summed E-state index contributed by atoms with van der Waals surface area (Å²) in [5, 5.41) is 19.5. The van der Waals surface area contributed by atoms with Gasteiger partial charge in [-0.05, 0) is 71.4 Å². The van der Waals surface area contributed by atoms with Crippen molar-refractivity contribution < 1.29 is 0 Å². The van der Waals surface area contributed by atoms with Crippen LogP contribution in [0.25, 0.3) is 10.8 Å². The maximum atomic E-state index is 6.54. The normalized spacial score (nSPS) is 21.1. The van der Waals surface area contributed by atoms with Gasteiger partial charge in [0.05, 0.1) is 11.6 Å². The van der Waals surface area contributed by atoms with Gasteiger partial charge in [-0.15, -0.1) is 5.10 Å². The SMILES string of the molecule is CC(C)(C)CC(C)(C)n1nnnc1C(NC1CCCCC1N)c1ccc2ccccc2c1. The van der Waals surface area contributed by atoms with Gasteiger partial charge in [-0.3, -0.25) is 5.32 Å². The molecule has 2 aromatic carbocycles. The van der Waals surface area contributed by atoms with Crippen molar-refractivity contribution in [2.75, 3.05) is 0 Å². The van der Waals surface area contributed by atoms with E-state index in [1.807, 2.05) is 4.68 Å². The molecule has 1 fully saturated rings. The van der Waals surface area contributed by atoms with E-state index in [2.05, 4.69) is 97.9 Å². The molecule has 3 atom stereocenters. The van der Waals surface area contributed by atoms with E-state index in [-0.39, 0.29) is 29.1 Å². The number of rotatable bonds is 6. The van der Waals surface area contributed by atoms with E-state index in [1.165, 1.54) is 29.2 Å². The van der Waals surface area contributed by atoms with Gasteiger partial charge >= 0.3 is 0 Å². The number of benzene rings is 2. The van der Waals surface area contributed by atoms with Crippen molar-refractivity contribution in [3.8, 4) is 0 Å². The lowest BCUT2D eigenvalue weighted by molar-refractivity contribution is 0.186. The molecule has 3 unspecified atom stereocenters. The molecular weight excluding hydrogens is 396 g/mol. The Labute approximate surface area is 192 Å². The minimum atomic E-state index is -0.220. The van der Waals surface area contributed by atoms with E-state index >= 15 is 0 Å². The number of tetrazole rings is 1. The largest absolute Gasteiger partial charge is 0.326 e. The Morgan fingerprint density at radius 2 is 1.75 bits per heavy atom. The van der Waals surface area contributed by atoms with E-state index in [0.717, 1.165) is 25.1 Å². The van der Waals surface area contributed by atoms with Crippen LogP contribution in [0, 0.1) is 5.41 Å². The number of nitrogens with zero attached hydrogens (tertiary/aromatic N) is 4. The van der Waals surface area contributed by atoms with Crippen LogP contribution in [0.15, 0.2) is 42.5 Å². The van der Waals surface area contributed by atoms with Crippen molar-refractivity contribution in [3.05, 3.63) is 53.9 Å². The summed E-state index contributed by atoms with van der Waals surface area (Å²) >= 11 is 0. The predicted molar refractivity (Wildman–Crippen MR) is 130 cm³/mol. The molecule has 0 bridgehead atoms. The molecule has 3 aromatic rings. The number of fused-ring (bicyclic) bond motifs is 1. The van der Waals surface area contributed by atoms with Crippen LogP contribution in [0.2, 0.25) is 0 Å². The van der Waals surface area contributed by atoms with Gasteiger partial charge in [-0.1, -0.05) is 70.0 Å². The number of nitrogens with one attached hydrogen (secondary N) is 1. The minimum absolute atomic E-state index is 0.122. The molecular formula is C26H38N6. The molecule has 0 saturated heterocycles. The van der Waals surface area contributed by atoms with Crippen LogP contribution in [-0.4, -0.2) is 32.3 Å². The van der Waals surface area contributed by atoms with Crippen molar-refractivity contribution in [2.24, 2.45) is 11.1 Å². The maximum Gasteiger partial charge on any atom is 0.173 e. The molecule has 3 N–H and O–H groups in total. The molecule has 1 saturated carbocycles. The van der Waals surface area contributed by atoms with Gasteiger partial charge < -0.3 is 5.73 Å². The molecule has 0 amide bonds. The first kappa shape index (κ1) is 22.9. The summed E-state index contributed by atoms with van der Waals surface area (Å²) in [5.41, 5.74) is 7.64. The second kappa shape index (κ2) is 8.91. The molecule has 1 aliphatic rings. The van der Waals surface area contributed by atoms with Crippen LogP contribution in [-0.2, 0) is 5.54 Å². The van der Waals surface area contributed by atoms with Gasteiger partial charge in [0.1, 0.15) is 0 Å². The fourth-order valence-electron chi connectivity index (χ4n) is 5.47. The van der Waals surface area contributed by atoms with Gasteiger partial charge in [-0.25, -0.2) is 4.68 Å². The standard InChI is InChI=1S/C26H38N6/c1-25(2,3)17-26(4,5)32-24(29-30-31-32)23(28-22-13-9-8-12-21(22)27)20-15-14-18-10-6-7-11-19(18)16-20/h6-7,10-11,14-16,21-23,28H,8-9,12-13,17,27H2,1-5H3. The Bertz CT molecular complexity index is 1050. The lowest BCUT2D eigenvalue weighted by atomic mass is 9.81. The third-order valence-electron chi connectivity index (χ3n) is 6.60. The molecule has 172 valence electrons.